The molecular weight excluding hydrogens is 364 g/mol. The predicted molar refractivity (Wildman–Crippen MR) is 107 cm³/mol. The van der Waals surface area contributed by atoms with Gasteiger partial charge in [-0.1, -0.05) is 48.0 Å². The summed E-state index contributed by atoms with van der Waals surface area (Å²) in [6, 6.07) is 16.7. The molecule has 0 aliphatic carbocycles. The highest BCUT2D eigenvalue weighted by molar-refractivity contribution is 6.46. The van der Waals surface area contributed by atoms with E-state index >= 15 is 0 Å². The van der Waals surface area contributed by atoms with Gasteiger partial charge in [0.2, 0.25) is 0 Å². The van der Waals surface area contributed by atoms with E-state index < -0.39 is 5.91 Å². The summed E-state index contributed by atoms with van der Waals surface area (Å²) in [4.78, 5) is 24.2. The van der Waals surface area contributed by atoms with Crippen molar-refractivity contribution in [1.82, 2.24) is 4.57 Å². The van der Waals surface area contributed by atoms with Crippen molar-refractivity contribution in [3.05, 3.63) is 71.4 Å². The number of nitrogens with one attached hydrogen (secondary N) is 1. The van der Waals surface area contributed by atoms with Crippen LogP contribution in [0.5, 0.6) is 0 Å². The number of anilines is 1. The van der Waals surface area contributed by atoms with Crippen molar-refractivity contribution in [1.29, 1.82) is 0 Å². The molecule has 1 amide bonds. The van der Waals surface area contributed by atoms with E-state index in [0.29, 0.717) is 12.3 Å². The van der Waals surface area contributed by atoms with E-state index in [9.17, 15) is 9.59 Å². The molecule has 0 atom stereocenters. The van der Waals surface area contributed by atoms with Crippen LogP contribution >= 0.6 is 11.6 Å². The highest BCUT2D eigenvalue weighted by atomic mass is 35.5. The Morgan fingerprint density at radius 2 is 1.81 bits per heavy atom. The predicted octanol–water partition coefficient (Wildman–Crippen LogP) is 4.42. The van der Waals surface area contributed by atoms with Gasteiger partial charge in [0.1, 0.15) is 11.6 Å². The zero-order chi connectivity index (χ0) is 19.2. The number of hydrogen-bond acceptors (Lipinski definition) is 3. The number of fused-ring (bicyclic) bond motifs is 1. The van der Waals surface area contributed by atoms with Gasteiger partial charge in [0.15, 0.2) is 0 Å². The third-order valence-corrected chi connectivity index (χ3v) is 4.24. The molecule has 0 saturated heterocycles. The second-order valence-corrected chi connectivity index (χ2v) is 6.25. The minimum Gasteiger partial charge on any atom is -0.465 e. The maximum Gasteiger partial charge on any atom is 0.325 e. The van der Waals surface area contributed by atoms with Crippen molar-refractivity contribution in [3.63, 3.8) is 0 Å². The van der Waals surface area contributed by atoms with Gasteiger partial charge in [-0.05, 0) is 31.2 Å². The topological polar surface area (TPSA) is 60.3 Å². The van der Waals surface area contributed by atoms with Gasteiger partial charge in [-0.15, -0.1) is 0 Å². The Labute approximate surface area is 162 Å². The van der Waals surface area contributed by atoms with Crippen molar-refractivity contribution in [3.8, 4) is 0 Å². The van der Waals surface area contributed by atoms with Crippen molar-refractivity contribution >= 4 is 46.1 Å². The first kappa shape index (κ1) is 18.7. The van der Waals surface area contributed by atoms with Crippen LogP contribution in [0.25, 0.3) is 17.0 Å². The summed E-state index contributed by atoms with van der Waals surface area (Å²) in [5.41, 5.74) is 2.28. The molecule has 0 aliphatic heterocycles. The molecule has 0 spiro atoms. The Morgan fingerprint density at radius 1 is 1.11 bits per heavy atom. The molecule has 2 aromatic carbocycles. The second-order valence-electron chi connectivity index (χ2n) is 5.85. The summed E-state index contributed by atoms with van der Waals surface area (Å²) >= 11 is 6.23. The molecule has 1 N–H and O–H groups in total. The molecule has 0 radical (unpaired) electrons. The van der Waals surface area contributed by atoms with Crippen molar-refractivity contribution < 1.29 is 14.3 Å². The van der Waals surface area contributed by atoms with E-state index in [1.165, 1.54) is 0 Å². The number of carbonyl (C=O) groups is 2. The van der Waals surface area contributed by atoms with Gasteiger partial charge in [0.05, 0.1) is 6.61 Å². The maximum atomic E-state index is 12.3. The lowest BCUT2D eigenvalue weighted by Gasteiger charge is -2.04. The SMILES string of the molecule is CCOC(=O)Cn1cc(/C=C(\Cl)C(=O)Nc2ccccc2)c2ccccc21. The molecule has 5 nitrogen and oxygen atoms in total. The number of para-hydroxylation sites is 2. The van der Waals surface area contributed by atoms with Gasteiger partial charge in [0, 0.05) is 28.4 Å². The van der Waals surface area contributed by atoms with Crippen molar-refractivity contribution in [2.45, 2.75) is 13.5 Å². The van der Waals surface area contributed by atoms with Crippen LogP contribution in [0.3, 0.4) is 0 Å². The Hall–Kier alpha value is -3.05. The van der Waals surface area contributed by atoms with Crippen molar-refractivity contribution in [2.24, 2.45) is 0 Å². The first-order valence-electron chi connectivity index (χ1n) is 8.55. The number of rotatable bonds is 6. The monoisotopic (exact) mass is 382 g/mol. The molecule has 0 unspecified atom stereocenters. The molecule has 0 bridgehead atoms. The van der Waals surface area contributed by atoms with Crippen molar-refractivity contribution in [2.75, 3.05) is 11.9 Å². The summed E-state index contributed by atoms with van der Waals surface area (Å²) in [6.07, 6.45) is 3.39. The zero-order valence-corrected chi connectivity index (χ0v) is 15.6. The number of hydrogen-bond donors (Lipinski definition) is 1. The first-order chi connectivity index (χ1) is 13.1. The number of amides is 1. The molecule has 6 heteroatoms. The van der Waals surface area contributed by atoms with Crippen LogP contribution in [0, 0.1) is 0 Å². The van der Waals surface area contributed by atoms with Crippen LogP contribution in [-0.2, 0) is 20.9 Å². The first-order valence-corrected chi connectivity index (χ1v) is 8.93. The van der Waals surface area contributed by atoms with E-state index in [2.05, 4.69) is 5.32 Å². The molecule has 1 aromatic heterocycles. The van der Waals surface area contributed by atoms with Gasteiger partial charge in [-0.25, -0.2) is 0 Å². The van der Waals surface area contributed by atoms with Crippen LogP contribution < -0.4 is 5.32 Å². The quantitative estimate of drug-likeness (QED) is 0.507. The van der Waals surface area contributed by atoms with Gasteiger partial charge < -0.3 is 14.6 Å². The summed E-state index contributed by atoms with van der Waals surface area (Å²) in [7, 11) is 0. The fourth-order valence-corrected chi connectivity index (χ4v) is 2.95. The number of carbonyl (C=O) groups excluding carboxylic acids is 2. The fraction of sp³-hybridized carbons (Fsp3) is 0.143. The third-order valence-electron chi connectivity index (χ3n) is 3.95. The number of esters is 1. The summed E-state index contributed by atoms with van der Waals surface area (Å²) in [5.74, 6) is -0.716. The van der Waals surface area contributed by atoms with Crippen LogP contribution in [0.15, 0.2) is 65.8 Å². The molecule has 3 rings (SSSR count). The number of benzene rings is 2. The third kappa shape index (κ3) is 4.57. The normalized spacial score (nSPS) is 11.4. The fourth-order valence-electron chi connectivity index (χ4n) is 2.78. The number of aromatic nitrogens is 1. The van der Waals surface area contributed by atoms with Gasteiger partial charge in [-0.2, -0.15) is 0 Å². The Balaban J connectivity index is 1.88. The molecule has 1 heterocycles. The molecule has 138 valence electrons. The van der Waals surface area contributed by atoms with E-state index in [-0.39, 0.29) is 17.5 Å². The molecule has 0 fully saturated rings. The van der Waals surface area contributed by atoms with Gasteiger partial charge in [-0.3, -0.25) is 9.59 Å². The Bertz CT molecular complexity index is 993. The molecule has 0 saturated carbocycles. The lowest BCUT2D eigenvalue weighted by Crippen LogP contribution is -2.12. The smallest absolute Gasteiger partial charge is 0.325 e. The highest BCUT2D eigenvalue weighted by Gasteiger charge is 2.13. The van der Waals surface area contributed by atoms with E-state index in [0.717, 1.165) is 16.5 Å². The molecular formula is C21H19ClN2O3. The van der Waals surface area contributed by atoms with E-state index in [4.69, 9.17) is 16.3 Å². The van der Waals surface area contributed by atoms with E-state index in [1.54, 1.807) is 35.9 Å². The summed E-state index contributed by atoms with van der Waals surface area (Å²) in [5, 5.41) is 3.70. The zero-order valence-electron chi connectivity index (χ0n) is 14.8. The standard InChI is InChI=1S/C21H19ClN2O3/c1-2-27-20(25)14-24-13-15(17-10-6-7-11-19(17)24)12-18(22)21(26)23-16-8-4-3-5-9-16/h3-13H,2,14H2,1H3,(H,23,26)/b18-12-. The molecule has 3 aromatic rings. The summed E-state index contributed by atoms with van der Waals surface area (Å²) in [6.45, 7) is 2.19. The average molecular weight is 383 g/mol. The maximum absolute atomic E-state index is 12.3. The van der Waals surface area contributed by atoms with Crippen LogP contribution in [0.1, 0.15) is 12.5 Å². The number of ether oxygens (including phenoxy) is 1. The van der Waals surface area contributed by atoms with Crippen LogP contribution in [0.4, 0.5) is 5.69 Å². The van der Waals surface area contributed by atoms with Crippen LogP contribution in [-0.4, -0.2) is 23.1 Å². The molecule has 0 aliphatic rings. The lowest BCUT2D eigenvalue weighted by molar-refractivity contribution is -0.143. The Kier molecular flexibility index (Phi) is 5.94. The number of nitrogens with zero attached hydrogens (tertiary/aromatic N) is 1. The highest BCUT2D eigenvalue weighted by Crippen LogP contribution is 2.25. The lowest BCUT2D eigenvalue weighted by atomic mass is 10.1. The second kappa shape index (κ2) is 8.56. The van der Waals surface area contributed by atoms with Gasteiger partial charge >= 0.3 is 5.97 Å². The average Bonchev–Trinajstić information content (AvgIpc) is 3.00. The van der Waals surface area contributed by atoms with Gasteiger partial charge in [0.25, 0.3) is 5.91 Å². The Morgan fingerprint density at radius 3 is 2.56 bits per heavy atom. The van der Waals surface area contributed by atoms with Crippen LogP contribution in [0.2, 0.25) is 0 Å². The minimum atomic E-state index is -0.398. The summed E-state index contributed by atoms with van der Waals surface area (Å²) < 4.78 is 6.81. The number of halogens is 1. The van der Waals surface area contributed by atoms with E-state index in [1.807, 2.05) is 42.5 Å². The molecule has 27 heavy (non-hydrogen) atoms. The minimum absolute atomic E-state index is 0.0536. The largest absolute Gasteiger partial charge is 0.465 e.